The second kappa shape index (κ2) is 7.64. The summed E-state index contributed by atoms with van der Waals surface area (Å²) in [5.74, 6) is 0.625. The third kappa shape index (κ3) is 3.47. The molecule has 0 unspecified atom stereocenters. The van der Waals surface area contributed by atoms with Crippen LogP contribution in [-0.2, 0) is 9.59 Å². The van der Waals surface area contributed by atoms with Crippen molar-refractivity contribution >= 4 is 23.2 Å². The van der Waals surface area contributed by atoms with E-state index in [1.807, 2.05) is 43.3 Å². The van der Waals surface area contributed by atoms with Gasteiger partial charge in [0.1, 0.15) is 5.75 Å². The molecule has 0 bridgehead atoms. The molecule has 1 atom stereocenters. The zero-order valence-electron chi connectivity index (χ0n) is 16.3. The maximum Gasteiger partial charge on any atom is 0.251 e. The summed E-state index contributed by atoms with van der Waals surface area (Å²) in [6, 6.07) is 15.2. The summed E-state index contributed by atoms with van der Waals surface area (Å²) in [6.07, 6.45) is 0.259. The van der Waals surface area contributed by atoms with E-state index in [0.29, 0.717) is 5.69 Å². The molecule has 2 fully saturated rings. The molecule has 0 radical (unpaired) electrons. The first-order chi connectivity index (χ1) is 13.6. The third-order valence-electron chi connectivity index (χ3n) is 5.58. The second-order valence-electron chi connectivity index (χ2n) is 7.35. The van der Waals surface area contributed by atoms with Crippen molar-refractivity contribution in [3.05, 3.63) is 54.1 Å². The number of piperazine rings is 1. The number of amides is 2. The van der Waals surface area contributed by atoms with Gasteiger partial charge in [0, 0.05) is 31.9 Å². The average molecular weight is 379 g/mol. The topological polar surface area (TPSA) is 53.1 Å². The number of hydrogen-bond acceptors (Lipinski definition) is 5. The number of ether oxygens (including phenoxy) is 1. The van der Waals surface area contributed by atoms with Gasteiger partial charge in [-0.3, -0.25) is 14.5 Å². The molecule has 28 heavy (non-hydrogen) atoms. The number of carbonyl (C=O) groups excluding carboxylic acids is 2. The first-order valence-corrected chi connectivity index (χ1v) is 9.63. The molecule has 4 rings (SSSR count). The predicted molar refractivity (Wildman–Crippen MR) is 109 cm³/mol. The molecule has 2 aromatic rings. The summed E-state index contributed by atoms with van der Waals surface area (Å²) in [5.41, 5.74) is 2.86. The van der Waals surface area contributed by atoms with Gasteiger partial charge in [-0.2, -0.15) is 0 Å². The van der Waals surface area contributed by atoms with Crippen molar-refractivity contribution in [1.82, 2.24) is 4.90 Å². The highest BCUT2D eigenvalue weighted by Gasteiger charge is 2.43. The fourth-order valence-corrected chi connectivity index (χ4v) is 4.02. The molecule has 0 aromatic heterocycles. The van der Waals surface area contributed by atoms with Crippen LogP contribution in [0, 0.1) is 6.92 Å². The van der Waals surface area contributed by atoms with Crippen molar-refractivity contribution in [2.24, 2.45) is 0 Å². The lowest BCUT2D eigenvalue weighted by Gasteiger charge is -2.38. The number of methoxy groups -OCH3 is 1. The number of imide groups is 1. The Morgan fingerprint density at radius 1 is 0.929 bits per heavy atom. The number of nitrogens with zero attached hydrogens (tertiary/aromatic N) is 3. The fourth-order valence-electron chi connectivity index (χ4n) is 4.02. The number of hydrogen-bond donors (Lipinski definition) is 0. The van der Waals surface area contributed by atoms with E-state index in [-0.39, 0.29) is 24.3 Å². The molecule has 2 aliphatic rings. The number of carbonyl (C=O) groups is 2. The lowest BCUT2D eigenvalue weighted by molar-refractivity contribution is -0.123. The summed E-state index contributed by atoms with van der Waals surface area (Å²) in [7, 11) is 1.66. The van der Waals surface area contributed by atoms with Crippen LogP contribution in [0.3, 0.4) is 0 Å². The molecule has 6 heteroatoms. The maximum atomic E-state index is 13.0. The Kier molecular flexibility index (Phi) is 5.05. The summed E-state index contributed by atoms with van der Waals surface area (Å²) in [4.78, 5) is 31.3. The van der Waals surface area contributed by atoms with Crippen molar-refractivity contribution in [3.63, 3.8) is 0 Å². The second-order valence-corrected chi connectivity index (χ2v) is 7.35. The van der Waals surface area contributed by atoms with Gasteiger partial charge >= 0.3 is 0 Å². The minimum Gasteiger partial charge on any atom is -0.497 e. The summed E-state index contributed by atoms with van der Waals surface area (Å²) >= 11 is 0. The zero-order chi connectivity index (χ0) is 19.7. The molecule has 2 amide bonds. The predicted octanol–water partition coefficient (Wildman–Crippen LogP) is 2.46. The molecule has 0 spiro atoms. The number of rotatable bonds is 4. The molecule has 0 saturated carbocycles. The maximum absolute atomic E-state index is 13.0. The Balaban J connectivity index is 1.42. The van der Waals surface area contributed by atoms with Gasteiger partial charge < -0.3 is 9.64 Å². The monoisotopic (exact) mass is 379 g/mol. The fraction of sp³-hybridized carbons (Fsp3) is 0.364. The molecule has 0 N–H and O–H groups in total. The normalized spacial score (nSPS) is 20.7. The van der Waals surface area contributed by atoms with Crippen LogP contribution in [0.15, 0.2) is 48.5 Å². The van der Waals surface area contributed by atoms with Gasteiger partial charge in [-0.05, 0) is 48.9 Å². The van der Waals surface area contributed by atoms with Gasteiger partial charge in [-0.15, -0.1) is 0 Å². The Bertz CT molecular complexity index is 873. The standard InChI is InChI=1S/C22H25N3O3/c1-16-4-3-5-18(14-16)25-21(26)15-20(22(25)27)24-12-10-23(11-13-24)17-6-8-19(28-2)9-7-17/h3-9,14,20H,10-13,15H2,1-2H3/t20-/m1/s1. The van der Waals surface area contributed by atoms with Crippen molar-refractivity contribution < 1.29 is 14.3 Å². The van der Waals surface area contributed by atoms with E-state index >= 15 is 0 Å². The van der Waals surface area contributed by atoms with Crippen LogP contribution in [0.5, 0.6) is 5.75 Å². The lowest BCUT2D eigenvalue weighted by atomic mass is 10.1. The zero-order valence-corrected chi connectivity index (χ0v) is 16.3. The Morgan fingerprint density at radius 3 is 2.29 bits per heavy atom. The van der Waals surface area contributed by atoms with Gasteiger partial charge in [0.2, 0.25) is 5.91 Å². The highest BCUT2D eigenvalue weighted by molar-refractivity contribution is 6.22. The largest absolute Gasteiger partial charge is 0.497 e. The smallest absolute Gasteiger partial charge is 0.251 e. The van der Waals surface area contributed by atoms with Crippen molar-refractivity contribution in [2.75, 3.05) is 43.1 Å². The minimum atomic E-state index is -0.356. The SMILES string of the molecule is COc1ccc(N2CCN([C@@H]3CC(=O)N(c4cccc(C)c4)C3=O)CC2)cc1. The van der Waals surface area contributed by atoms with Gasteiger partial charge in [0.25, 0.3) is 5.91 Å². The molecule has 2 saturated heterocycles. The van der Waals surface area contributed by atoms with Gasteiger partial charge in [0.05, 0.1) is 25.3 Å². The number of benzene rings is 2. The van der Waals surface area contributed by atoms with Crippen LogP contribution in [0.25, 0.3) is 0 Å². The van der Waals surface area contributed by atoms with E-state index in [1.165, 1.54) is 4.90 Å². The van der Waals surface area contributed by atoms with E-state index in [2.05, 4.69) is 21.9 Å². The Labute approximate surface area is 165 Å². The molecule has 6 nitrogen and oxygen atoms in total. The highest BCUT2D eigenvalue weighted by atomic mass is 16.5. The van der Waals surface area contributed by atoms with E-state index in [0.717, 1.165) is 43.2 Å². The first kappa shape index (κ1) is 18.5. The number of anilines is 2. The molecule has 2 aromatic carbocycles. The van der Waals surface area contributed by atoms with E-state index in [4.69, 9.17) is 4.74 Å². The lowest BCUT2D eigenvalue weighted by Crippen LogP contribution is -2.52. The summed E-state index contributed by atoms with van der Waals surface area (Å²) in [6.45, 7) is 5.14. The molecular weight excluding hydrogens is 354 g/mol. The summed E-state index contributed by atoms with van der Waals surface area (Å²) < 4.78 is 5.22. The van der Waals surface area contributed by atoms with Crippen LogP contribution >= 0.6 is 0 Å². The van der Waals surface area contributed by atoms with Crippen LogP contribution in [-0.4, -0.2) is 56.0 Å². The van der Waals surface area contributed by atoms with Crippen LogP contribution < -0.4 is 14.5 Å². The first-order valence-electron chi connectivity index (χ1n) is 9.63. The van der Waals surface area contributed by atoms with Crippen molar-refractivity contribution in [2.45, 2.75) is 19.4 Å². The van der Waals surface area contributed by atoms with Crippen LogP contribution in [0.2, 0.25) is 0 Å². The van der Waals surface area contributed by atoms with Crippen LogP contribution in [0.4, 0.5) is 11.4 Å². The van der Waals surface area contributed by atoms with Gasteiger partial charge in [-0.25, -0.2) is 4.90 Å². The van der Waals surface area contributed by atoms with Gasteiger partial charge in [0.15, 0.2) is 0 Å². The molecule has 146 valence electrons. The quantitative estimate of drug-likeness (QED) is 0.764. The Morgan fingerprint density at radius 2 is 1.64 bits per heavy atom. The molecule has 2 aliphatic heterocycles. The molecule has 0 aliphatic carbocycles. The van der Waals surface area contributed by atoms with Crippen LogP contribution in [0.1, 0.15) is 12.0 Å². The Hall–Kier alpha value is -2.86. The van der Waals surface area contributed by atoms with E-state index in [9.17, 15) is 9.59 Å². The van der Waals surface area contributed by atoms with Crippen molar-refractivity contribution in [1.29, 1.82) is 0 Å². The van der Waals surface area contributed by atoms with Crippen molar-refractivity contribution in [3.8, 4) is 5.75 Å². The van der Waals surface area contributed by atoms with Gasteiger partial charge in [-0.1, -0.05) is 12.1 Å². The van der Waals surface area contributed by atoms with E-state index < -0.39 is 0 Å². The molecule has 2 heterocycles. The number of aryl methyl sites for hydroxylation is 1. The van der Waals surface area contributed by atoms with E-state index in [1.54, 1.807) is 7.11 Å². The third-order valence-corrected chi connectivity index (χ3v) is 5.58. The highest BCUT2D eigenvalue weighted by Crippen LogP contribution is 2.28. The summed E-state index contributed by atoms with van der Waals surface area (Å²) in [5, 5.41) is 0. The average Bonchev–Trinajstić information content (AvgIpc) is 3.02. The molecular formula is C22H25N3O3. The minimum absolute atomic E-state index is 0.103.